The maximum atomic E-state index is 13.1. The summed E-state index contributed by atoms with van der Waals surface area (Å²) >= 11 is 0. The molecule has 1 rings (SSSR count). The lowest BCUT2D eigenvalue weighted by atomic mass is 10.2. The van der Waals surface area contributed by atoms with Gasteiger partial charge in [0.2, 0.25) is 0 Å². The predicted molar refractivity (Wildman–Crippen MR) is 54.4 cm³/mol. The number of aliphatic hydroxyl groups is 1. The molecule has 0 amide bonds. The van der Waals surface area contributed by atoms with Gasteiger partial charge in [-0.2, -0.15) is 0 Å². The number of halogens is 1. The molecule has 0 aliphatic carbocycles. The first-order valence-electron chi connectivity index (χ1n) is 4.81. The molecule has 1 atom stereocenters. The largest absolute Gasteiger partial charge is 0.396 e. The summed E-state index contributed by atoms with van der Waals surface area (Å²) in [5.41, 5.74) is 0.664. The molecule has 0 saturated carbocycles. The van der Waals surface area contributed by atoms with Gasteiger partial charge < -0.3 is 10.4 Å². The molecule has 0 saturated heterocycles. The molecule has 0 fully saturated rings. The highest BCUT2D eigenvalue weighted by Gasteiger charge is 2.03. The molecule has 0 spiro atoms. The molecule has 0 heterocycles. The summed E-state index contributed by atoms with van der Waals surface area (Å²) in [7, 11) is 0. The molecule has 0 aliphatic heterocycles. The van der Waals surface area contributed by atoms with E-state index >= 15 is 0 Å². The zero-order valence-electron chi connectivity index (χ0n) is 8.33. The van der Waals surface area contributed by atoms with E-state index in [1.54, 1.807) is 12.1 Å². The van der Waals surface area contributed by atoms with Gasteiger partial charge in [-0.15, -0.1) is 0 Å². The zero-order chi connectivity index (χ0) is 10.4. The van der Waals surface area contributed by atoms with Gasteiger partial charge in [0, 0.05) is 24.8 Å². The van der Waals surface area contributed by atoms with Crippen molar-refractivity contribution in [3.8, 4) is 0 Å². The summed E-state index contributed by atoms with van der Waals surface area (Å²) in [6, 6.07) is 6.91. The second-order valence-corrected chi connectivity index (χ2v) is 3.39. The van der Waals surface area contributed by atoms with E-state index in [9.17, 15) is 4.39 Å². The number of hydrogen-bond donors (Lipinski definition) is 2. The van der Waals surface area contributed by atoms with Crippen molar-refractivity contribution in [2.24, 2.45) is 0 Å². The highest BCUT2D eigenvalue weighted by Crippen LogP contribution is 2.06. The third kappa shape index (κ3) is 3.44. The minimum Gasteiger partial charge on any atom is -0.396 e. The van der Waals surface area contributed by atoms with Crippen LogP contribution in [0, 0.1) is 5.82 Å². The number of benzene rings is 1. The second kappa shape index (κ2) is 5.73. The van der Waals surface area contributed by atoms with Crippen molar-refractivity contribution in [3.05, 3.63) is 35.6 Å². The van der Waals surface area contributed by atoms with Crippen molar-refractivity contribution in [1.82, 2.24) is 5.32 Å². The van der Waals surface area contributed by atoms with Crippen LogP contribution in [-0.4, -0.2) is 17.8 Å². The predicted octanol–water partition coefficient (Wildman–Crippen LogP) is 1.69. The number of aliphatic hydroxyl groups excluding tert-OH is 1. The minimum absolute atomic E-state index is 0.158. The van der Waals surface area contributed by atoms with Gasteiger partial charge in [0.25, 0.3) is 0 Å². The lowest BCUT2D eigenvalue weighted by Gasteiger charge is -2.12. The van der Waals surface area contributed by atoms with Crippen LogP contribution in [-0.2, 0) is 6.54 Å². The Morgan fingerprint density at radius 1 is 1.43 bits per heavy atom. The van der Waals surface area contributed by atoms with Gasteiger partial charge >= 0.3 is 0 Å². The van der Waals surface area contributed by atoms with E-state index in [2.05, 4.69) is 5.32 Å². The molecule has 1 aromatic carbocycles. The van der Waals surface area contributed by atoms with Crippen molar-refractivity contribution >= 4 is 0 Å². The summed E-state index contributed by atoms with van der Waals surface area (Å²) in [6.45, 7) is 2.64. The van der Waals surface area contributed by atoms with Crippen molar-refractivity contribution < 1.29 is 9.50 Å². The smallest absolute Gasteiger partial charge is 0.127 e. The van der Waals surface area contributed by atoms with Crippen LogP contribution in [0.2, 0.25) is 0 Å². The normalized spacial score (nSPS) is 12.8. The maximum Gasteiger partial charge on any atom is 0.127 e. The first-order valence-corrected chi connectivity index (χ1v) is 4.81. The number of hydrogen-bond acceptors (Lipinski definition) is 2. The SMILES string of the molecule is C[C@H](CCO)NCc1ccccc1F. The average molecular weight is 197 g/mol. The Bertz CT molecular complexity index is 278. The Morgan fingerprint density at radius 3 is 2.79 bits per heavy atom. The van der Waals surface area contributed by atoms with Crippen molar-refractivity contribution in [2.75, 3.05) is 6.61 Å². The summed E-state index contributed by atoms with van der Waals surface area (Å²) in [6.07, 6.45) is 0.689. The fourth-order valence-electron chi connectivity index (χ4n) is 1.22. The molecule has 14 heavy (non-hydrogen) atoms. The monoisotopic (exact) mass is 197 g/mol. The van der Waals surface area contributed by atoms with Gasteiger partial charge in [-0.25, -0.2) is 4.39 Å². The highest BCUT2D eigenvalue weighted by atomic mass is 19.1. The van der Waals surface area contributed by atoms with Crippen molar-refractivity contribution in [1.29, 1.82) is 0 Å². The standard InChI is InChI=1S/C11H16FNO/c1-9(6-7-14)13-8-10-4-2-3-5-11(10)12/h2-5,9,13-14H,6-8H2,1H3/t9-/m1/s1. The zero-order valence-corrected chi connectivity index (χ0v) is 8.33. The van der Waals surface area contributed by atoms with E-state index in [0.29, 0.717) is 18.5 Å². The number of nitrogens with one attached hydrogen (secondary N) is 1. The minimum atomic E-state index is -0.184. The quantitative estimate of drug-likeness (QED) is 0.752. The molecular formula is C11H16FNO. The molecule has 78 valence electrons. The van der Waals surface area contributed by atoms with Crippen molar-refractivity contribution in [3.63, 3.8) is 0 Å². The molecule has 0 radical (unpaired) electrons. The molecule has 0 aliphatic rings. The van der Waals surface area contributed by atoms with Crippen LogP contribution in [0.25, 0.3) is 0 Å². The van der Waals surface area contributed by atoms with Gasteiger partial charge in [-0.05, 0) is 19.4 Å². The Morgan fingerprint density at radius 2 is 2.14 bits per heavy atom. The molecular weight excluding hydrogens is 181 g/mol. The van der Waals surface area contributed by atoms with Crippen LogP contribution in [0.4, 0.5) is 4.39 Å². The summed E-state index contributed by atoms with van der Waals surface area (Å²) in [5.74, 6) is -0.184. The molecule has 3 heteroatoms. The molecule has 2 nitrogen and oxygen atoms in total. The molecule has 0 unspecified atom stereocenters. The van der Waals surface area contributed by atoms with Crippen LogP contribution >= 0.6 is 0 Å². The van der Waals surface area contributed by atoms with Gasteiger partial charge in [-0.1, -0.05) is 18.2 Å². The summed E-state index contributed by atoms with van der Waals surface area (Å²) < 4.78 is 13.1. The molecule has 0 aromatic heterocycles. The van der Waals surface area contributed by atoms with Crippen LogP contribution in [0.15, 0.2) is 24.3 Å². The maximum absolute atomic E-state index is 13.1. The molecule has 2 N–H and O–H groups in total. The lowest BCUT2D eigenvalue weighted by molar-refractivity contribution is 0.268. The van der Waals surface area contributed by atoms with Crippen LogP contribution in [0.1, 0.15) is 18.9 Å². The van der Waals surface area contributed by atoms with Crippen LogP contribution < -0.4 is 5.32 Å². The summed E-state index contributed by atoms with van der Waals surface area (Å²) in [4.78, 5) is 0. The number of rotatable bonds is 5. The van der Waals surface area contributed by atoms with E-state index < -0.39 is 0 Å². The Kier molecular flexibility index (Phi) is 4.56. The van der Waals surface area contributed by atoms with Crippen molar-refractivity contribution in [2.45, 2.75) is 25.9 Å². The fourth-order valence-corrected chi connectivity index (χ4v) is 1.22. The first kappa shape index (κ1) is 11.1. The van der Waals surface area contributed by atoms with Gasteiger partial charge in [0.1, 0.15) is 5.82 Å². The van der Waals surface area contributed by atoms with E-state index in [4.69, 9.17) is 5.11 Å². The van der Waals surface area contributed by atoms with E-state index in [0.717, 1.165) is 0 Å². The third-order valence-corrected chi connectivity index (χ3v) is 2.16. The van der Waals surface area contributed by atoms with E-state index in [1.165, 1.54) is 6.07 Å². The average Bonchev–Trinajstić information content (AvgIpc) is 2.17. The fraction of sp³-hybridized carbons (Fsp3) is 0.455. The molecule has 0 bridgehead atoms. The van der Waals surface area contributed by atoms with Gasteiger partial charge in [0.15, 0.2) is 0 Å². The highest BCUT2D eigenvalue weighted by molar-refractivity contribution is 5.16. The Hall–Kier alpha value is -0.930. The summed E-state index contributed by atoms with van der Waals surface area (Å²) in [5, 5.41) is 11.8. The van der Waals surface area contributed by atoms with E-state index in [-0.39, 0.29) is 18.5 Å². The van der Waals surface area contributed by atoms with Gasteiger partial charge in [-0.3, -0.25) is 0 Å². The van der Waals surface area contributed by atoms with E-state index in [1.807, 2.05) is 13.0 Å². The van der Waals surface area contributed by atoms with Crippen LogP contribution in [0.5, 0.6) is 0 Å². The van der Waals surface area contributed by atoms with Gasteiger partial charge in [0.05, 0.1) is 0 Å². The molecule has 1 aromatic rings. The Balaban J connectivity index is 2.41. The third-order valence-electron chi connectivity index (χ3n) is 2.16. The first-order chi connectivity index (χ1) is 6.74. The second-order valence-electron chi connectivity index (χ2n) is 3.39. The Labute approximate surface area is 83.8 Å². The topological polar surface area (TPSA) is 32.3 Å². The lowest BCUT2D eigenvalue weighted by Crippen LogP contribution is -2.26. The van der Waals surface area contributed by atoms with Crippen LogP contribution in [0.3, 0.4) is 0 Å².